The van der Waals surface area contributed by atoms with E-state index < -0.39 is 11.0 Å². The molecule has 0 saturated heterocycles. The van der Waals surface area contributed by atoms with Crippen molar-refractivity contribution in [3.05, 3.63) is 62.7 Å². The van der Waals surface area contributed by atoms with E-state index in [0.29, 0.717) is 6.42 Å². The average molecular weight is 375 g/mol. The number of anilines is 2. The van der Waals surface area contributed by atoms with Crippen molar-refractivity contribution < 1.29 is 14.5 Å². The Balaban J connectivity index is 1.67. The van der Waals surface area contributed by atoms with Gasteiger partial charge in [0.25, 0.3) is 5.69 Å². The van der Waals surface area contributed by atoms with Gasteiger partial charge in [-0.2, -0.15) is 0 Å². The second kappa shape index (κ2) is 7.01. The van der Waals surface area contributed by atoms with E-state index in [0.717, 1.165) is 16.8 Å². The minimum absolute atomic E-state index is 0.00405. The van der Waals surface area contributed by atoms with Gasteiger partial charge in [0, 0.05) is 17.4 Å². The van der Waals surface area contributed by atoms with Crippen LogP contribution in [0.3, 0.4) is 0 Å². The third kappa shape index (κ3) is 3.75. The first-order valence-corrected chi connectivity index (χ1v) is 8.15. The molecule has 2 aromatic carbocycles. The zero-order valence-electron chi connectivity index (χ0n) is 13.7. The summed E-state index contributed by atoms with van der Waals surface area (Å²) in [5.41, 5.74) is 2.49. The highest BCUT2D eigenvalue weighted by molar-refractivity contribution is 6.32. The third-order valence-corrected chi connectivity index (χ3v) is 4.32. The van der Waals surface area contributed by atoms with Crippen molar-refractivity contribution in [3.8, 4) is 0 Å². The van der Waals surface area contributed by atoms with Crippen LogP contribution in [0.15, 0.2) is 36.4 Å². The van der Waals surface area contributed by atoms with Crippen molar-refractivity contribution >= 4 is 40.6 Å². The molecule has 2 aromatic rings. The maximum Gasteiger partial charge on any atom is 0.319 e. The number of nitrogens with one attached hydrogen (secondary N) is 3. The lowest BCUT2D eigenvalue weighted by Gasteiger charge is -2.16. The van der Waals surface area contributed by atoms with E-state index in [9.17, 15) is 19.7 Å². The number of carbonyl (C=O) groups is 2. The molecule has 0 aliphatic carbocycles. The number of hydrogen-bond donors (Lipinski definition) is 3. The monoisotopic (exact) mass is 374 g/mol. The zero-order valence-corrected chi connectivity index (χ0v) is 14.5. The van der Waals surface area contributed by atoms with E-state index in [1.54, 1.807) is 13.0 Å². The molecule has 1 aliphatic heterocycles. The van der Waals surface area contributed by atoms with Crippen LogP contribution >= 0.6 is 11.6 Å². The van der Waals surface area contributed by atoms with Crippen LogP contribution in [0.2, 0.25) is 5.02 Å². The van der Waals surface area contributed by atoms with Crippen LogP contribution in [0.1, 0.15) is 24.1 Å². The molecule has 3 rings (SSSR count). The minimum Gasteiger partial charge on any atom is -0.331 e. The number of nitro groups is 1. The van der Waals surface area contributed by atoms with Gasteiger partial charge in [0.05, 0.1) is 17.4 Å². The van der Waals surface area contributed by atoms with Gasteiger partial charge in [0.1, 0.15) is 5.02 Å². The van der Waals surface area contributed by atoms with Crippen molar-refractivity contribution in [1.82, 2.24) is 5.32 Å². The number of urea groups is 1. The second-order valence-electron chi connectivity index (χ2n) is 5.88. The lowest BCUT2D eigenvalue weighted by Crippen LogP contribution is -2.31. The molecule has 1 aliphatic rings. The Bertz CT molecular complexity index is 916. The molecule has 0 aromatic heterocycles. The molecule has 3 amide bonds. The van der Waals surface area contributed by atoms with Crippen LogP contribution in [0, 0.1) is 10.1 Å². The first kappa shape index (κ1) is 17.7. The number of benzene rings is 2. The Hall–Kier alpha value is -3.13. The van der Waals surface area contributed by atoms with Gasteiger partial charge in [0.2, 0.25) is 5.91 Å². The molecule has 0 spiro atoms. The first-order chi connectivity index (χ1) is 12.3. The SMILES string of the molecule is CC(NC(=O)Nc1ccc(Cl)c([N+](=O)[O-])c1)c1ccc2c(c1)CC(=O)N2. The fraction of sp³-hybridized carbons (Fsp3) is 0.176. The minimum atomic E-state index is -0.617. The molecule has 0 bridgehead atoms. The van der Waals surface area contributed by atoms with Gasteiger partial charge in [0.15, 0.2) is 0 Å². The topological polar surface area (TPSA) is 113 Å². The van der Waals surface area contributed by atoms with Crippen molar-refractivity contribution in [2.75, 3.05) is 10.6 Å². The Morgan fingerprint density at radius 3 is 2.81 bits per heavy atom. The number of carbonyl (C=O) groups excluding carboxylic acids is 2. The largest absolute Gasteiger partial charge is 0.331 e. The van der Waals surface area contributed by atoms with Crippen molar-refractivity contribution in [2.24, 2.45) is 0 Å². The number of amides is 3. The lowest BCUT2D eigenvalue weighted by atomic mass is 10.0. The standard InChI is InChI=1S/C17H15ClN4O4/c1-9(10-2-5-14-11(6-10)7-16(23)21-14)19-17(24)20-12-3-4-13(18)15(8-12)22(25)26/h2-6,8-9H,7H2,1H3,(H,21,23)(H2,19,20,24). The van der Waals surface area contributed by atoms with Gasteiger partial charge >= 0.3 is 6.03 Å². The van der Waals surface area contributed by atoms with Crippen molar-refractivity contribution in [2.45, 2.75) is 19.4 Å². The molecule has 1 atom stereocenters. The summed E-state index contributed by atoms with van der Waals surface area (Å²) >= 11 is 5.75. The van der Waals surface area contributed by atoms with E-state index in [-0.39, 0.29) is 28.3 Å². The van der Waals surface area contributed by atoms with E-state index in [1.807, 2.05) is 12.1 Å². The Morgan fingerprint density at radius 1 is 1.31 bits per heavy atom. The third-order valence-electron chi connectivity index (χ3n) is 4.00. The summed E-state index contributed by atoms with van der Waals surface area (Å²) in [4.78, 5) is 33.9. The molecule has 26 heavy (non-hydrogen) atoms. The van der Waals surface area contributed by atoms with Crippen LogP contribution in [0.25, 0.3) is 0 Å². The van der Waals surface area contributed by atoms with E-state index in [2.05, 4.69) is 16.0 Å². The van der Waals surface area contributed by atoms with Crippen molar-refractivity contribution in [1.29, 1.82) is 0 Å². The number of hydrogen-bond acceptors (Lipinski definition) is 4. The van der Waals surface area contributed by atoms with Gasteiger partial charge in [-0.3, -0.25) is 14.9 Å². The molecule has 134 valence electrons. The van der Waals surface area contributed by atoms with E-state index in [1.165, 1.54) is 18.2 Å². The Kier molecular flexibility index (Phi) is 4.77. The number of halogens is 1. The van der Waals surface area contributed by atoms with Crippen LogP contribution in [-0.4, -0.2) is 16.9 Å². The highest BCUT2D eigenvalue weighted by Crippen LogP contribution is 2.28. The summed E-state index contributed by atoms with van der Waals surface area (Å²) in [5, 5.41) is 18.9. The molecule has 8 nitrogen and oxygen atoms in total. The molecular weight excluding hydrogens is 360 g/mol. The van der Waals surface area contributed by atoms with Gasteiger partial charge in [-0.05, 0) is 36.2 Å². The quantitative estimate of drug-likeness (QED) is 0.560. The Morgan fingerprint density at radius 2 is 2.08 bits per heavy atom. The van der Waals surface area contributed by atoms with Crippen LogP contribution < -0.4 is 16.0 Å². The van der Waals surface area contributed by atoms with Gasteiger partial charge < -0.3 is 16.0 Å². The summed E-state index contributed by atoms with van der Waals surface area (Å²) in [5.74, 6) is -0.0557. The maximum absolute atomic E-state index is 12.2. The fourth-order valence-electron chi connectivity index (χ4n) is 2.70. The predicted molar refractivity (Wildman–Crippen MR) is 97.5 cm³/mol. The smallest absolute Gasteiger partial charge is 0.319 e. The van der Waals surface area contributed by atoms with Crippen molar-refractivity contribution in [3.63, 3.8) is 0 Å². The highest BCUT2D eigenvalue weighted by atomic mass is 35.5. The van der Waals surface area contributed by atoms with Crippen LogP contribution in [0.5, 0.6) is 0 Å². The number of fused-ring (bicyclic) bond motifs is 1. The van der Waals surface area contributed by atoms with Crippen LogP contribution in [0.4, 0.5) is 21.9 Å². The fourth-order valence-corrected chi connectivity index (χ4v) is 2.88. The predicted octanol–water partition coefficient (Wildman–Crippen LogP) is 3.63. The highest BCUT2D eigenvalue weighted by Gasteiger charge is 2.20. The molecule has 1 heterocycles. The summed E-state index contributed by atoms with van der Waals surface area (Å²) in [7, 11) is 0. The lowest BCUT2D eigenvalue weighted by molar-refractivity contribution is -0.384. The van der Waals surface area contributed by atoms with Gasteiger partial charge in [-0.25, -0.2) is 4.79 Å². The molecule has 9 heteroatoms. The molecule has 0 fully saturated rings. The molecular formula is C17H15ClN4O4. The molecule has 0 radical (unpaired) electrons. The van der Waals surface area contributed by atoms with Crippen LogP contribution in [-0.2, 0) is 11.2 Å². The van der Waals surface area contributed by atoms with E-state index >= 15 is 0 Å². The first-order valence-electron chi connectivity index (χ1n) is 7.77. The summed E-state index contributed by atoms with van der Waals surface area (Å²) in [6.07, 6.45) is 0.316. The summed E-state index contributed by atoms with van der Waals surface area (Å²) in [6.45, 7) is 1.80. The van der Waals surface area contributed by atoms with Gasteiger partial charge in [-0.1, -0.05) is 23.7 Å². The number of nitro benzene ring substituents is 1. The summed E-state index contributed by atoms with van der Waals surface area (Å²) < 4.78 is 0. The zero-order chi connectivity index (χ0) is 18.8. The molecule has 0 saturated carbocycles. The second-order valence-corrected chi connectivity index (χ2v) is 6.29. The average Bonchev–Trinajstić information content (AvgIpc) is 2.95. The maximum atomic E-state index is 12.2. The molecule has 3 N–H and O–H groups in total. The van der Waals surface area contributed by atoms with E-state index in [4.69, 9.17) is 11.6 Å². The number of nitrogens with zero attached hydrogens (tertiary/aromatic N) is 1. The number of rotatable bonds is 4. The van der Waals surface area contributed by atoms with Gasteiger partial charge in [-0.15, -0.1) is 0 Å². The molecule has 1 unspecified atom stereocenters. The Labute approximate surface area is 153 Å². The normalized spacial score (nSPS) is 13.5. The summed E-state index contributed by atoms with van der Waals surface area (Å²) in [6, 6.07) is 8.68.